The van der Waals surface area contributed by atoms with Gasteiger partial charge in [-0.2, -0.15) is 0 Å². The second-order valence-corrected chi connectivity index (χ2v) is 6.28. The molecule has 106 valence electrons. The molecule has 0 aromatic rings. The van der Waals surface area contributed by atoms with Crippen molar-refractivity contribution in [2.45, 2.75) is 64.1 Å². The second kappa shape index (κ2) is 6.88. The van der Waals surface area contributed by atoms with Crippen LogP contribution in [0, 0.1) is 0 Å². The van der Waals surface area contributed by atoms with Crippen LogP contribution in [0.4, 0.5) is 0 Å². The summed E-state index contributed by atoms with van der Waals surface area (Å²) in [5, 5.41) is 3.68. The molecule has 1 saturated carbocycles. The highest BCUT2D eigenvalue weighted by atomic mass is 15.3. The highest BCUT2D eigenvalue weighted by molar-refractivity contribution is 4.87. The van der Waals surface area contributed by atoms with Gasteiger partial charge in [0.2, 0.25) is 0 Å². The van der Waals surface area contributed by atoms with E-state index >= 15 is 0 Å². The Labute approximate surface area is 113 Å². The predicted octanol–water partition coefficient (Wildman–Crippen LogP) is 1.93. The molecule has 1 N–H and O–H groups in total. The molecule has 1 saturated heterocycles. The molecule has 0 spiro atoms. The molecule has 2 rings (SSSR count). The van der Waals surface area contributed by atoms with Crippen LogP contribution in [0.25, 0.3) is 0 Å². The van der Waals surface area contributed by atoms with Gasteiger partial charge in [-0.05, 0) is 52.6 Å². The summed E-state index contributed by atoms with van der Waals surface area (Å²) >= 11 is 0. The second-order valence-electron chi connectivity index (χ2n) is 6.28. The lowest BCUT2D eigenvalue weighted by Gasteiger charge is -2.44. The van der Waals surface area contributed by atoms with E-state index in [1.165, 1.54) is 58.3 Å². The molecule has 18 heavy (non-hydrogen) atoms. The van der Waals surface area contributed by atoms with Crippen molar-refractivity contribution in [3.05, 3.63) is 0 Å². The van der Waals surface area contributed by atoms with Gasteiger partial charge in [0.25, 0.3) is 0 Å². The molecule has 1 aliphatic heterocycles. The van der Waals surface area contributed by atoms with Crippen LogP contribution >= 0.6 is 0 Å². The fraction of sp³-hybridized carbons (Fsp3) is 1.00. The third kappa shape index (κ3) is 3.69. The molecule has 2 aliphatic rings. The molecular formula is C15H31N3. The maximum absolute atomic E-state index is 3.68. The summed E-state index contributed by atoms with van der Waals surface area (Å²) in [6.45, 7) is 9.60. The van der Waals surface area contributed by atoms with Crippen molar-refractivity contribution in [3.63, 3.8) is 0 Å². The first-order chi connectivity index (χ1) is 8.70. The van der Waals surface area contributed by atoms with E-state index in [0.717, 1.165) is 18.1 Å². The summed E-state index contributed by atoms with van der Waals surface area (Å²) in [6, 6.07) is 2.39. The van der Waals surface area contributed by atoms with Crippen molar-refractivity contribution in [2.75, 3.05) is 33.2 Å². The monoisotopic (exact) mass is 253 g/mol. The Morgan fingerprint density at radius 2 is 1.83 bits per heavy atom. The zero-order chi connectivity index (χ0) is 13.0. The Morgan fingerprint density at radius 1 is 1.11 bits per heavy atom. The summed E-state index contributed by atoms with van der Waals surface area (Å²) in [5.74, 6) is 0. The Bertz CT molecular complexity index is 236. The van der Waals surface area contributed by atoms with Gasteiger partial charge >= 0.3 is 0 Å². The van der Waals surface area contributed by atoms with Gasteiger partial charge in [-0.25, -0.2) is 0 Å². The van der Waals surface area contributed by atoms with E-state index in [2.05, 4.69) is 36.0 Å². The van der Waals surface area contributed by atoms with Crippen molar-refractivity contribution in [1.82, 2.24) is 15.1 Å². The minimum absolute atomic E-state index is 0.731. The molecule has 0 aromatic heterocycles. The Balaban J connectivity index is 1.72. The quantitative estimate of drug-likeness (QED) is 0.826. The van der Waals surface area contributed by atoms with Crippen LogP contribution in [-0.2, 0) is 0 Å². The lowest BCUT2D eigenvalue weighted by atomic mass is 9.89. The van der Waals surface area contributed by atoms with Crippen LogP contribution < -0.4 is 5.32 Å². The van der Waals surface area contributed by atoms with Crippen LogP contribution in [0.3, 0.4) is 0 Å². The fourth-order valence-corrected chi connectivity index (χ4v) is 3.40. The van der Waals surface area contributed by atoms with Gasteiger partial charge in [0, 0.05) is 37.8 Å². The maximum atomic E-state index is 3.68. The van der Waals surface area contributed by atoms with E-state index < -0.39 is 0 Å². The lowest BCUT2D eigenvalue weighted by molar-refractivity contribution is 0.0537. The number of nitrogens with zero attached hydrogens (tertiary/aromatic N) is 2. The topological polar surface area (TPSA) is 18.5 Å². The molecule has 3 heteroatoms. The fourth-order valence-electron chi connectivity index (χ4n) is 3.40. The smallest absolute Gasteiger partial charge is 0.0192 e. The first kappa shape index (κ1) is 14.3. The highest BCUT2D eigenvalue weighted by Gasteiger charge is 2.29. The normalized spacial score (nSPS) is 35.8. The number of nitrogens with one attached hydrogen (secondary N) is 1. The van der Waals surface area contributed by atoms with Gasteiger partial charge in [-0.15, -0.1) is 0 Å². The van der Waals surface area contributed by atoms with Gasteiger partial charge in [0.05, 0.1) is 0 Å². The van der Waals surface area contributed by atoms with Crippen LogP contribution in [0.15, 0.2) is 0 Å². The van der Waals surface area contributed by atoms with Crippen molar-refractivity contribution in [1.29, 1.82) is 0 Å². The van der Waals surface area contributed by atoms with Crippen molar-refractivity contribution in [3.8, 4) is 0 Å². The van der Waals surface area contributed by atoms with E-state index in [0.29, 0.717) is 0 Å². The van der Waals surface area contributed by atoms with Crippen LogP contribution in [0.5, 0.6) is 0 Å². The molecule has 1 heterocycles. The van der Waals surface area contributed by atoms with Crippen molar-refractivity contribution in [2.24, 2.45) is 0 Å². The number of rotatable bonds is 4. The number of likely N-dealkylation sites (N-methyl/N-ethyl adjacent to an activating group) is 1. The van der Waals surface area contributed by atoms with Crippen molar-refractivity contribution >= 4 is 0 Å². The molecule has 0 amide bonds. The Morgan fingerprint density at radius 3 is 2.44 bits per heavy atom. The third-order valence-corrected chi connectivity index (χ3v) is 4.89. The molecule has 3 nitrogen and oxygen atoms in total. The summed E-state index contributed by atoms with van der Waals surface area (Å²) in [5.41, 5.74) is 0. The summed E-state index contributed by atoms with van der Waals surface area (Å²) in [7, 11) is 2.26. The van der Waals surface area contributed by atoms with Crippen LogP contribution in [0.1, 0.15) is 46.0 Å². The largest absolute Gasteiger partial charge is 0.314 e. The van der Waals surface area contributed by atoms with Crippen molar-refractivity contribution < 1.29 is 0 Å². The standard InChI is InChI=1S/C15H31N3/c1-4-9-16-14-5-7-15(8-6-14)18-11-10-17(3)13(2)12-18/h13-16H,4-12H2,1-3H3. The molecule has 1 unspecified atom stereocenters. The van der Waals surface area contributed by atoms with Gasteiger partial charge in [0.1, 0.15) is 0 Å². The van der Waals surface area contributed by atoms with Gasteiger partial charge < -0.3 is 10.2 Å². The van der Waals surface area contributed by atoms with E-state index in [1.807, 2.05) is 0 Å². The average Bonchev–Trinajstić information content (AvgIpc) is 2.40. The Kier molecular flexibility index (Phi) is 5.46. The zero-order valence-corrected chi connectivity index (χ0v) is 12.5. The molecule has 0 aromatic carbocycles. The molecule has 0 radical (unpaired) electrons. The van der Waals surface area contributed by atoms with E-state index in [-0.39, 0.29) is 0 Å². The van der Waals surface area contributed by atoms with E-state index in [4.69, 9.17) is 0 Å². The maximum Gasteiger partial charge on any atom is 0.0192 e. The highest BCUT2D eigenvalue weighted by Crippen LogP contribution is 2.25. The molecule has 1 aliphatic carbocycles. The lowest BCUT2D eigenvalue weighted by Crippen LogP contribution is -2.54. The summed E-state index contributed by atoms with van der Waals surface area (Å²) in [4.78, 5) is 5.24. The van der Waals surface area contributed by atoms with Gasteiger partial charge in [-0.1, -0.05) is 6.92 Å². The minimum atomic E-state index is 0.731. The number of hydrogen-bond donors (Lipinski definition) is 1. The molecule has 0 bridgehead atoms. The third-order valence-electron chi connectivity index (χ3n) is 4.89. The zero-order valence-electron chi connectivity index (χ0n) is 12.5. The van der Waals surface area contributed by atoms with Gasteiger partial charge in [-0.3, -0.25) is 4.90 Å². The van der Waals surface area contributed by atoms with E-state index in [1.54, 1.807) is 0 Å². The predicted molar refractivity (Wildman–Crippen MR) is 78.0 cm³/mol. The average molecular weight is 253 g/mol. The number of hydrogen-bond acceptors (Lipinski definition) is 3. The number of piperazine rings is 1. The summed E-state index contributed by atoms with van der Waals surface area (Å²) in [6.07, 6.45) is 6.82. The molecular weight excluding hydrogens is 222 g/mol. The summed E-state index contributed by atoms with van der Waals surface area (Å²) < 4.78 is 0. The molecule has 1 atom stereocenters. The minimum Gasteiger partial charge on any atom is -0.314 e. The first-order valence-corrected chi connectivity index (χ1v) is 7.88. The Hall–Kier alpha value is -0.120. The van der Waals surface area contributed by atoms with Gasteiger partial charge in [0.15, 0.2) is 0 Å². The first-order valence-electron chi connectivity index (χ1n) is 7.88. The van der Waals surface area contributed by atoms with Crippen LogP contribution in [-0.4, -0.2) is 61.2 Å². The van der Waals surface area contributed by atoms with Crippen LogP contribution in [0.2, 0.25) is 0 Å². The molecule has 2 fully saturated rings. The SMILES string of the molecule is CCCNC1CCC(N2CCN(C)C(C)C2)CC1. The van der Waals surface area contributed by atoms with E-state index in [9.17, 15) is 0 Å².